The highest BCUT2D eigenvalue weighted by atomic mass is 16.5. The first-order valence-corrected chi connectivity index (χ1v) is 5.60. The third-order valence-corrected chi connectivity index (χ3v) is 2.60. The Balaban J connectivity index is 2.21. The number of nitrogens with two attached hydrogens (primary N) is 1. The molecule has 0 spiro atoms. The molecule has 0 radical (unpaired) electrons. The molecule has 2 rings (SSSR count). The summed E-state index contributed by atoms with van der Waals surface area (Å²) in [7, 11) is 1.48. The first-order chi connectivity index (χ1) is 9.13. The van der Waals surface area contributed by atoms with Gasteiger partial charge in [-0.1, -0.05) is 11.3 Å². The number of hydrogen-bond donors (Lipinski definition) is 3. The predicted molar refractivity (Wildman–Crippen MR) is 67.5 cm³/mol. The van der Waals surface area contributed by atoms with Crippen molar-refractivity contribution in [3.8, 4) is 5.75 Å². The molecule has 2 aromatic rings. The van der Waals surface area contributed by atoms with Crippen molar-refractivity contribution >= 4 is 11.6 Å². The largest absolute Gasteiger partial charge is 0.496 e. The molecule has 0 saturated carbocycles. The number of carbonyl (C=O) groups is 1. The van der Waals surface area contributed by atoms with Gasteiger partial charge in [0.2, 0.25) is 0 Å². The van der Waals surface area contributed by atoms with Gasteiger partial charge in [0.15, 0.2) is 5.82 Å². The van der Waals surface area contributed by atoms with Crippen molar-refractivity contribution in [1.29, 1.82) is 0 Å². The fourth-order valence-corrected chi connectivity index (χ4v) is 1.65. The molecule has 8 heteroatoms. The highest BCUT2D eigenvalue weighted by Gasteiger charge is 2.19. The quantitative estimate of drug-likeness (QED) is 0.681. The van der Waals surface area contributed by atoms with E-state index in [-0.39, 0.29) is 5.91 Å². The molecule has 0 aliphatic carbocycles. The Hall–Kier alpha value is -2.64. The number of amides is 1. The summed E-state index contributed by atoms with van der Waals surface area (Å²) in [6, 6.07) is 4.63. The zero-order valence-corrected chi connectivity index (χ0v) is 10.5. The van der Waals surface area contributed by atoms with Gasteiger partial charge in [-0.2, -0.15) is 5.21 Å². The van der Waals surface area contributed by atoms with Crippen LogP contribution >= 0.6 is 0 Å². The lowest BCUT2D eigenvalue weighted by Crippen LogP contribution is -2.28. The van der Waals surface area contributed by atoms with Gasteiger partial charge < -0.3 is 15.8 Å². The molecule has 0 bridgehead atoms. The van der Waals surface area contributed by atoms with E-state index in [2.05, 4.69) is 25.9 Å². The van der Waals surface area contributed by atoms with Crippen LogP contribution in [0.15, 0.2) is 18.2 Å². The maximum atomic E-state index is 12.2. The number of methoxy groups -OCH3 is 1. The average molecular weight is 262 g/mol. The first-order valence-electron chi connectivity index (χ1n) is 5.60. The molecule has 1 aromatic heterocycles. The molecule has 1 aromatic carbocycles. The van der Waals surface area contributed by atoms with Gasteiger partial charge in [0.1, 0.15) is 11.3 Å². The zero-order valence-electron chi connectivity index (χ0n) is 10.5. The molecule has 0 aliphatic rings. The average Bonchev–Trinajstić information content (AvgIpc) is 2.92. The lowest BCUT2D eigenvalue weighted by Gasteiger charge is -2.14. The fourth-order valence-electron chi connectivity index (χ4n) is 1.65. The smallest absolute Gasteiger partial charge is 0.257 e. The number of nitrogens with one attached hydrogen (secondary N) is 2. The SMILES string of the molecule is COc1cccc(N)c1C(=O)NC(C)c1nn[nH]n1. The monoisotopic (exact) mass is 262 g/mol. The van der Waals surface area contributed by atoms with Crippen LogP contribution in [-0.4, -0.2) is 33.6 Å². The molecule has 19 heavy (non-hydrogen) atoms. The van der Waals surface area contributed by atoms with Gasteiger partial charge in [0.25, 0.3) is 5.91 Å². The number of aromatic nitrogens is 4. The zero-order chi connectivity index (χ0) is 13.8. The number of aromatic amines is 1. The van der Waals surface area contributed by atoms with Crippen LogP contribution in [0.4, 0.5) is 5.69 Å². The van der Waals surface area contributed by atoms with E-state index in [1.807, 2.05) is 0 Å². The van der Waals surface area contributed by atoms with Crippen LogP contribution in [0.25, 0.3) is 0 Å². The van der Waals surface area contributed by atoms with E-state index < -0.39 is 6.04 Å². The van der Waals surface area contributed by atoms with E-state index in [1.165, 1.54) is 7.11 Å². The van der Waals surface area contributed by atoms with Gasteiger partial charge in [0, 0.05) is 5.69 Å². The second kappa shape index (κ2) is 5.34. The Morgan fingerprint density at radius 3 is 2.95 bits per heavy atom. The summed E-state index contributed by atoms with van der Waals surface area (Å²) in [6.07, 6.45) is 0. The van der Waals surface area contributed by atoms with Gasteiger partial charge >= 0.3 is 0 Å². The van der Waals surface area contributed by atoms with Gasteiger partial charge in [-0.15, -0.1) is 10.2 Å². The summed E-state index contributed by atoms with van der Waals surface area (Å²) in [5.41, 5.74) is 6.44. The molecular formula is C11H14N6O2. The molecular weight excluding hydrogens is 248 g/mol. The van der Waals surface area contributed by atoms with Crippen molar-refractivity contribution in [3.63, 3.8) is 0 Å². The van der Waals surface area contributed by atoms with Gasteiger partial charge in [-0.3, -0.25) is 4.79 Å². The Labute approximate surface area is 109 Å². The number of ether oxygens (including phenoxy) is 1. The highest BCUT2D eigenvalue weighted by Crippen LogP contribution is 2.24. The van der Waals surface area contributed by atoms with Crippen LogP contribution in [0.5, 0.6) is 5.75 Å². The van der Waals surface area contributed by atoms with Crippen LogP contribution in [0.1, 0.15) is 29.1 Å². The van der Waals surface area contributed by atoms with Gasteiger partial charge in [-0.25, -0.2) is 0 Å². The summed E-state index contributed by atoms with van der Waals surface area (Å²) < 4.78 is 5.13. The maximum absolute atomic E-state index is 12.2. The Morgan fingerprint density at radius 1 is 1.53 bits per heavy atom. The Morgan fingerprint density at radius 2 is 2.32 bits per heavy atom. The number of benzene rings is 1. The van der Waals surface area contributed by atoms with Crippen LogP contribution < -0.4 is 15.8 Å². The van der Waals surface area contributed by atoms with Gasteiger partial charge in [0.05, 0.1) is 13.2 Å². The number of hydrogen-bond acceptors (Lipinski definition) is 6. The lowest BCUT2D eigenvalue weighted by molar-refractivity contribution is 0.0936. The normalized spacial score (nSPS) is 11.9. The molecule has 1 heterocycles. The minimum Gasteiger partial charge on any atom is -0.496 e. The molecule has 100 valence electrons. The molecule has 1 unspecified atom stereocenters. The van der Waals surface area contributed by atoms with Crippen LogP contribution in [0.2, 0.25) is 0 Å². The first kappa shape index (κ1) is 12.8. The molecule has 4 N–H and O–H groups in total. The van der Waals surface area contributed by atoms with E-state index in [0.717, 1.165) is 0 Å². The number of rotatable bonds is 4. The number of tetrazole rings is 1. The topological polar surface area (TPSA) is 119 Å². The van der Waals surface area contributed by atoms with Crippen LogP contribution in [0.3, 0.4) is 0 Å². The molecule has 8 nitrogen and oxygen atoms in total. The second-order valence-electron chi connectivity index (χ2n) is 3.89. The number of nitrogens with zero attached hydrogens (tertiary/aromatic N) is 3. The summed E-state index contributed by atoms with van der Waals surface area (Å²) in [6.45, 7) is 1.74. The van der Waals surface area contributed by atoms with Crippen LogP contribution in [-0.2, 0) is 0 Å². The van der Waals surface area contributed by atoms with Crippen molar-refractivity contribution < 1.29 is 9.53 Å². The van der Waals surface area contributed by atoms with E-state index in [9.17, 15) is 4.79 Å². The highest BCUT2D eigenvalue weighted by molar-refractivity contribution is 6.02. The summed E-state index contributed by atoms with van der Waals surface area (Å²) >= 11 is 0. The Bertz CT molecular complexity index is 569. The number of nitrogen functional groups attached to an aromatic ring is 1. The van der Waals surface area contributed by atoms with Crippen molar-refractivity contribution in [2.45, 2.75) is 13.0 Å². The summed E-state index contributed by atoms with van der Waals surface area (Å²) in [5, 5.41) is 16.1. The molecule has 0 fully saturated rings. The number of anilines is 1. The predicted octanol–water partition coefficient (Wildman–Crippen LogP) is 0.281. The van der Waals surface area contributed by atoms with Crippen molar-refractivity contribution in [2.24, 2.45) is 0 Å². The second-order valence-corrected chi connectivity index (χ2v) is 3.89. The van der Waals surface area contributed by atoms with Crippen molar-refractivity contribution in [3.05, 3.63) is 29.6 Å². The molecule has 1 amide bonds. The van der Waals surface area contributed by atoms with Gasteiger partial charge in [-0.05, 0) is 19.1 Å². The molecule has 0 aliphatic heterocycles. The third kappa shape index (κ3) is 2.62. The standard InChI is InChI=1S/C11H14N6O2/c1-6(10-14-16-17-15-10)13-11(18)9-7(12)4-3-5-8(9)19-2/h3-6H,12H2,1-2H3,(H,13,18)(H,14,15,16,17). The minimum absolute atomic E-state index is 0.292. The summed E-state index contributed by atoms with van der Waals surface area (Å²) in [4.78, 5) is 12.2. The minimum atomic E-state index is -0.393. The maximum Gasteiger partial charge on any atom is 0.257 e. The van der Waals surface area contributed by atoms with E-state index in [0.29, 0.717) is 22.8 Å². The van der Waals surface area contributed by atoms with E-state index in [4.69, 9.17) is 10.5 Å². The van der Waals surface area contributed by atoms with E-state index in [1.54, 1.807) is 25.1 Å². The van der Waals surface area contributed by atoms with Crippen molar-refractivity contribution in [2.75, 3.05) is 12.8 Å². The van der Waals surface area contributed by atoms with Crippen LogP contribution in [0, 0.1) is 0 Å². The van der Waals surface area contributed by atoms with Crippen molar-refractivity contribution in [1.82, 2.24) is 25.9 Å². The fraction of sp³-hybridized carbons (Fsp3) is 0.273. The number of carbonyl (C=O) groups excluding carboxylic acids is 1. The number of H-pyrrole nitrogens is 1. The lowest BCUT2D eigenvalue weighted by atomic mass is 10.1. The molecule has 1 atom stereocenters. The third-order valence-electron chi connectivity index (χ3n) is 2.60. The molecule has 0 saturated heterocycles. The Kier molecular flexibility index (Phi) is 3.60. The summed E-state index contributed by atoms with van der Waals surface area (Å²) in [5.74, 6) is 0.451. The van der Waals surface area contributed by atoms with E-state index >= 15 is 0 Å².